The molecule has 0 fully saturated rings. The Bertz CT molecular complexity index is 3460. The molecule has 0 bridgehead atoms. The zero-order valence-corrected chi connectivity index (χ0v) is 30.5. The van der Waals surface area contributed by atoms with Crippen LogP contribution in [0.25, 0.3) is 104 Å². The molecule has 5 heteroatoms. The second-order valence-electron chi connectivity index (χ2n) is 13.6. The summed E-state index contributed by atoms with van der Waals surface area (Å²) in [7, 11) is 0. The largest absolute Gasteiger partial charge is 0.309 e. The maximum atomic E-state index is 9.11. The lowest BCUT2D eigenvalue weighted by Gasteiger charge is -2.14. The van der Waals surface area contributed by atoms with E-state index >= 15 is 0 Å². The number of rotatable bonds is 6. The van der Waals surface area contributed by atoms with Crippen molar-refractivity contribution < 1.29 is 8.22 Å². The van der Waals surface area contributed by atoms with Crippen molar-refractivity contribution in [2.45, 2.75) is 0 Å². The molecule has 8 aromatic carbocycles. The number of hydrogen-bond donors (Lipinski definition) is 0. The van der Waals surface area contributed by atoms with Crippen molar-refractivity contribution in [1.29, 1.82) is 0 Å². The molecule has 0 radical (unpaired) electrons. The molecule has 0 unspecified atom stereocenters. The van der Waals surface area contributed by atoms with E-state index in [0.717, 1.165) is 59.1 Å². The van der Waals surface area contributed by atoms with Gasteiger partial charge >= 0.3 is 0 Å². The number of benzene rings is 8. The van der Waals surface area contributed by atoms with Crippen molar-refractivity contribution in [2.24, 2.45) is 0 Å². The van der Waals surface area contributed by atoms with E-state index in [4.69, 9.17) is 23.2 Å². The van der Waals surface area contributed by atoms with Gasteiger partial charge in [-0.15, -0.1) is 11.3 Å². The third-order valence-corrected chi connectivity index (χ3v) is 11.4. The highest BCUT2D eigenvalue weighted by Crippen LogP contribution is 2.43. The van der Waals surface area contributed by atoms with Crippen LogP contribution in [0.4, 0.5) is 0 Å². The molecule has 0 saturated heterocycles. The van der Waals surface area contributed by atoms with Gasteiger partial charge < -0.3 is 4.57 Å². The molecule has 262 valence electrons. The maximum Gasteiger partial charge on any atom is 0.164 e. The molecule has 0 aliphatic heterocycles. The van der Waals surface area contributed by atoms with Crippen LogP contribution in [-0.2, 0) is 0 Å². The third kappa shape index (κ3) is 5.48. The number of nitrogens with zero attached hydrogens (tertiary/aromatic N) is 4. The van der Waals surface area contributed by atoms with Crippen LogP contribution >= 0.6 is 11.3 Å². The van der Waals surface area contributed by atoms with Crippen molar-refractivity contribution >= 4 is 53.3 Å². The first-order chi connectivity index (χ1) is 30.2. The van der Waals surface area contributed by atoms with Crippen molar-refractivity contribution in [1.82, 2.24) is 19.5 Å². The van der Waals surface area contributed by atoms with Gasteiger partial charge in [-0.3, -0.25) is 0 Å². The molecule has 0 atom stereocenters. The van der Waals surface area contributed by atoms with Crippen LogP contribution in [0.2, 0.25) is 0 Å². The van der Waals surface area contributed by atoms with E-state index in [1.807, 2.05) is 103 Å². The molecular formula is C51H32N4S. The van der Waals surface area contributed by atoms with Crippen molar-refractivity contribution in [3.8, 4) is 62.1 Å². The normalized spacial score (nSPS) is 13.1. The van der Waals surface area contributed by atoms with Crippen molar-refractivity contribution in [3.63, 3.8) is 0 Å². The van der Waals surface area contributed by atoms with Gasteiger partial charge in [-0.2, -0.15) is 0 Å². The molecule has 3 aromatic heterocycles. The molecule has 0 N–H and O–H groups in total. The average Bonchev–Trinajstić information content (AvgIpc) is 3.88. The minimum atomic E-state index is -0.148. The van der Waals surface area contributed by atoms with E-state index in [1.54, 1.807) is 15.9 Å². The fourth-order valence-electron chi connectivity index (χ4n) is 7.57. The smallest absolute Gasteiger partial charge is 0.164 e. The zero-order valence-electron chi connectivity index (χ0n) is 35.7. The number of hydrogen-bond acceptors (Lipinski definition) is 4. The van der Waals surface area contributed by atoms with Gasteiger partial charge in [0.05, 0.1) is 19.3 Å². The Morgan fingerprint density at radius 3 is 1.61 bits per heavy atom. The minimum absolute atomic E-state index is 0.00145. The summed E-state index contributed by atoms with van der Waals surface area (Å²) in [5.74, 6) is 1.77. The lowest BCUT2D eigenvalue weighted by molar-refractivity contribution is 1.07. The summed E-state index contributed by atoms with van der Waals surface area (Å²) in [5, 5.41) is 2.64. The summed E-state index contributed by atoms with van der Waals surface area (Å²) in [6, 6.07) is 50.8. The van der Waals surface area contributed by atoms with Crippen LogP contribution in [0, 0.1) is 0 Å². The Morgan fingerprint density at radius 2 is 0.982 bits per heavy atom. The van der Waals surface area contributed by atoms with Crippen LogP contribution < -0.4 is 0 Å². The fraction of sp³-hybridized carbons (Fsp3) is 0. The topological polar surface area (TPSA) is 43.6 Å². The molecule has 0 saturated carbocycles. The summed E-state index contributed by atoms with van der Waals surface area (Å²) < 4.78 is 57.0. The Kier molecular flexibility index (Phi) is 6.29. The summed E-state index contributed by atoms with van der Waals surface area (Å²) in [6.07, 6.45) is 0. The van der Waals surface area contributed by atoms with Crippen molar-refractivity contribution in [2.75, 3.05) is 0 Å². The van der Waals surface area contributed by atoms with Crippen LogP contribution in [0.1, 0.15) is 8.22 Å². The monoisotopic (exact) mass is 738 g/mol. The van der Waals surface area contributed by atoms with Crippen molar-refractivity contribution in [3.05, 3.63) is 194 Å². The van der Waals surface area contributed by atoms with Gasteiger partial charge in [0.15, 0.2) is 17.5 Å². The standard InChI is InChI=1S/C51H32N4S/c1-4-15-33(16-5-1)37-29-38(31-39(30-37)55-45-25-12-10-21-41(45)42-22-11-13-26-46(42)55)40-23-14-24-44-43-28-27-36(32-47(43)56-48(40)44)51-53-49(34-17-6-2-7-18-34)52-50(54-51)35-19-8-3-9-20-35/h1-32H/i10D,11D,21D,22D,25D,26D. The fourth-order valence-corrected chi connectivity index (χ4v) is 8.85. The van der Waals surface area contributed by atoms with Gasteiger partial charge in [-0.05, 0) is 58.6 Å². The van der Waals surface area contributed by atoms with E-state index in [1.165, 1.54) is 12.1 Å². The first-order valence-electron chi connectivity index (χ1n) is 21.3. The highest BCUT2D eigenvalue weighted by atomic mass is 32.1. The molecule has 11 rings (SSSR count). The van der Waals surface area contributed by atoms with Gasteiger partial charge in [0.1, 0.15) is 0 Å². The lowest BCUT2D eigenvalue weighted by atomic mass is 9.96. The second kappa shape index (κ2) is 13.3. The van der Waals surface area contributed by atoms with Crippen LogP contribution in [-0.4, -0.2) is 19.5 Å². The average molecular weight is 739 g/mol. The highest BCUT2D eigenvalue weighted by molar-refractivity contribution is 7.26. The minimum Gasteiger partial charge on any atom is -0.309 e. The van der Waals surface area contributed by atoms with E-state index in [0.29, 0.717) is 34.2 Å². The lowest BCUT2D eigenvalue weighted by Crippen LogP contribution is -1.99. The molecule has 0 amide bonds. The molecule has 0 spiro atoms. The predicted octanol–water partition coefficient (Wildman–Crippen LogP) is 13.7. The van der Waals surface area contributed by atoms with Gasteiger partial charge in [0.25, 0.3) is 0 Å². The first-order valence-corrected chi connectivity index (χ1v) is 19.1. The maximum absolute atomic E-state index is 9.11. The summed E-state index contributed by atoms with van der Waals surface area (Å²) >= 11 is 1.69. The molecule has 56 heavy (non-hydrogen) atoms. The van der Waals surface area contributed by atoms with Gasteiger partial charge in [0.2, 0.25) is 0 Å². The van der Waals surface area contributed by atoms with Gasteiger partial charge in [-0.1, -0.05) is 158 Å². The molecule has 3 heterocycles. The number of para-hydroxylation sites is 2. The Morgan fingerprint density at radius 1 is 0.411 bits per heavy atom. The SMILES string of the molecule is [2H]c1cc([2H])c2c(c1[2H])c1c([2H])c([2H])cc([2H])c1n2-c1cc(-c2ccccc2)cc(-c2cccc3c2sc2cc(-c4nc(-c5ccccc5)nc(-c5ccccc5)n4)ccc23)c1. The van der Waals surface area contributed by atoms with Gasteiger partial charge in [-0.25, -0.2) is 15.0 Å². The van der Waals surface area contributed by atoms with E-state index < -0.39 is 0 Å². The summed E-state index contributed by atoms with van der Waals surface area (Å²) in [4.78, 5) is 14.8. The van der Waals surface area contributed by atoms with Crippen LogP contribution in [0.3, 0.4) is 0 Å². The molecular weight excluding hydrogens is 701 g/mol. The summed E-state index contributed by atoms with van der Waals surface area (Å²) in [6.45, 7) is 0. The van der Waals surface area contributed by atoms with Gasteiger partial charge in [0, 0.05) is 53.3 Å². The quantitative estimate of drug-likeness (QED) is 0.171. The Balaban J connectivity index is 1.13. The van der Waals surface area contributed by atoms with E-state index in [-0.39, 0.29) is 47.0 Å². The molecule has 4 nitrogen and oxygen atoms in total. The molecule has 0 aliphatic carbocycles. The zero-order chi connectivity index (χ0) is 42.2. The molecule has 0 aliphatic rings. The Labute approximate surface area is 336 Å². The first kappa shape index (κ1) is 26.5. The summed E-state index contributed by atoms with van der Waals surface area (Å²) in [5.41, 5.74) is 7.70. The third-order valence-electron chi connectivity index (χ3n) is 10.2. The number of aromatic nitrogens is 4. The van der Waals surface area contributed by atoms with E-state index in [9.17, 15) is 0 Å². The Hall–Kier alpha value is -7.21. The highest BCUT2D eigenvalue weighted by Gasteiger charge is 2.18. The van der Waals surface area contributed by atoms with E-state index in [2.05, 4.69) is 42.5 Å². The second-order valence-corrected chi connectivity index (χ2v) is 14.6. The predicted molar refractivity (Wildman–Crippen MR) is 234 cm³/mol. The number of thiophene rings is 1. The van der Waals surface area contributed by atoms with Crippen LogP contribution in [0.15, 0.2) is 194 Å². The molecule has 11 aromatic rings. The number of fused-ring (bicyclic) bond motifs is 6. The van der Waals surface area contributed by atoms with Crippen LogP contribution in [0.5, 0.6) is 0 Å².